The van der Waals surface area contributed by atoms with E-state index in [1.54, 1.807) is 6.92 Å². The van der Waals surface area contributed by atoms with Crippen LogP contribution in [0.5, 0.6) is 0 Å². The Morgan fingerprint density at radius 3 is 2.50 bits per heavy atom. The average Bonchev–Trinajstić information content (AvgIpc) is 2.65. The van der Waals surface area contributed by atoms with E-state index in [2.05, 4.69) is 15.9 Å². The molecule has 1 unspecified atom stereocenters. The van der Waals surface area contributed by atoms with Gasteiger partial charge in [-0.15, -0.1) is 11.6 Å². The molecule has 0 aliphatic rings. The van der Waals surface area contributed by atoms with E-state index in [0.29, 0.717) is 10.6 Å². The van der Waals surface area contributed by atoms with Gasteiger partial charge in [-0.05, 0) is 61.0 Å². The van der Waals surface area contributed by atoms with Crippen LogP contribution in [0.1, 0.15) is 28.7 Å². The summed E-state index contributed by atoms with van der Waals surface area (Å²) in [5.41, 5.74) is 3.46. The molecule has 0 saturated carbocycles. The van der Waals surface area contributed by atoms with E-state index in [1.807, 2.05) is 42.7 Å². The molecule has 0 aliphatic carbocycles. The smallest absolute Gasteiger partial charge is 0.182 e. The fraction of sp³-hybridized carbons (Fsp3) is 0.267. The van der Waals surface area contributed by atoms with Crippen LogP contribution in [0.3, 0.4) is 0 Å². The minimum absolute atomic E-state index is 0.0592. The SMILES string of the molecule is Cc1cc(C(=O)C(C)Cl)c(C)n1-c1ccc(Cl)cc1Br. The molecule has 0 N–H and O–H groups in total. The van der Waals surface area contributed by atoms with Gasteiger partial charge >= 0.3 is 0 Å². The third-order valence-corrected chi connectivity index (χ3v) is 4.28. The van der Waals surface area contributed by atoms with Crippen LogP contribution in [0.25, 0.3) is 5.69 Å². The van der Waals surface area contributed by atoms with Gasteiger partial charge < -0.3 is 4.57 Å². The highest BCUT2D eigenvalue weighted by molar-refractivity contribution is 9.10. The van der Waals surface area contributed by atoms with Crippen molar-refractivity contribution in [2.24, 2.45) is 0 Å². The molecule has 0 radical (unpaired) electrons. The van der Waals surface area contributed by atoms with Gasteiger partial charge in [-0.25, -0.2) is 0 Å². The first-order valence-electron chi connectivity index (χ1n) is 6.15. The number of carbonyl (C=O) groups excluding carboxylic acids is 1. The highest BCUT2D eigenvalue weighted by Gasteiger charge is 2.20. The number of carbonyl (C=O) groups is 1. The van der Waals surface area contributed by atoms with Crippen LogP contribution in [0.4, 0.5) is 0 Å². The molecule has 1 aromatic carbocycles. The number of ketones is 1. The molecule has 0 amide bonds. The Kier molecular flexibility index (Phi) is 4.62. The maximum Gasteiger partial charge on any atom is 0.182 e. The number of benzene rings is 1. The lowest BCUT2D eigenvalue weighted by Crippen LogP contribution is -2.11. The number of Topliss-reactive ketones (excluding diaryl/α,β-unsaturated/α-hetero) is 1. The van der Waals surface area contributed by atoms with Crippen molar-refractivity contribution in [2.75, 3.05) is 0 Å². The van der Waals surface area contributed by atoms with Crippen molar-refractivity contribution in [3.05, 3.63) is 50.7 Å². The minimum atomic E-state index is -0.530. The summed E-state index contributed by atoms with van der Waals surface area (Å²) in [6.07, 6.45) is 0. The predicted octanol–water partition coefficient (Wildman–Crippen LogP) is 5.32. The quantitative estimate of drug-likeness (QED) is 0.526. The summed E-state index contributed by atoms with van der Waals surface area (Å²) >= 11 is 15.4. The lowest BCUT2D eigenvalue weighted by Gasteiger charge is -2.12. The molecule has 2 rings (SSSR count). The zero-order chi connectivity index (χ0) is 15.0. The second-order valence-electron chi connectivity index (χ2n) is 4.70. The summed E-state index contributed by atoms with van der Waals surface area (Å²) in [6, 6.07) is 7.45. The Balaban J connectivity index is 2.61. The van der Waals surface area contributed by atoms with Crippen molar-refractivity contribution in [3.63, 3.8) is 0 Å². The van der Waals surface area contributed by atoms with Gasteiger partial charge in [-0.1, -0.05) is 11.6 Å². The van der Waals surface area contributed by atoms with E-state index in [9.17, 15) is 4.79 Å². The van der Waals surface area contributed by atoms with Crippen LogP contribution in [-0.4, -0.2) is 15.7 Å². The molecular weight excluding hydrogens is 361 g/mol. The number of rotatable bonds is 3. The summed E-state index contributed by atoms with van der Waals surface area (Å²) in [5.74, 6) is -0.0592. The number of aromatic nitrogens is 1. The summed E-state index contributed by atoms with van der Waals surface area (Å²) < 4.78 is 2.90. The lowest BCUT2D eigenvalue weighted by molar-refractivity contribution is 0.0991. The fourth-order valence-corrected chi connectivity index (χ4v) is 3.24. The van der Waals surface area contributed by atoms with Gasteiger partial charge in [0.15, 0.2) is 5.78 Å². The Morgan fingerprint density at radius 1 is 1.30 bits per heavy atom. The van der Waals surface area contributed by atoms with E-state index in [-0.39, 0.29) is 5.78 Å². The molecule has 106 valence electrons. The van der Waals surface area contributed by atoms with Gasteiger partial charge in [0.05, 0.1) is 11.1 Å². The zero-order valence-corrected chi connectivity index (χ0v) is 14.5. The molecule has 1 heterocycles. The molecule has 0 fully saturated rings. The highest BCUT2D eigenvalue weighted by Crippen LogP contribution is 2.29. The van der Waals surface area contributed by atoms with Crippen LogP contribution < -0.4 is 0 Å². The molecule has 1 atom stereocenters. The first kappa shape index (κ1) is 15.6. The number of alkyl halides is 1. The number of halogens is 3. The van der Waals surface area contributed by atoms with Gasteiger partial charge in [0.25, 0.3) is 0 Å². The molecule has 2 aromatic rings. The van der Waals surface area contributed by atoms with Crippen LogP contribution in [-0.2, 0) is 0 Å². The first-order chi connectivity index (χ1) is 9.32. The van der Waals surface area contributed by atoms with Crippen molar-refractivity contribution < 1.29 is 4.79 Å². The van der Waals surface area contributed by atoms with Gasteiger partial charge in [-0.2, -0.15) is 0 Å². The number of aryl methyl sites for hydroxylation is 1. The summed E-state index contributed by atoms with van der Waals surface area (Å²) in [4.78, 5) is 12.1. The van der Waals surface area contributed by atoms with Crippen molar-refractivity contribution in [2.45, 2.75) is 26.1 Å². The maximum absolute atomic E-state index is 12.1. The van der Waals surface area contributed by atoms with Crippen molar-refractivity contribution >= 4 is 44.9 Å². The topological polar surface area (TPSA) is 22.0 Å². The highest BCUT2D eigenvalue weighted by atomic mass is 79.9. The molecule has 2 nitrogen and oxygen atoms in total. The molecule has 20 heavy (non-hydrogen) atoms. The molecule has 0 spiro atoms. The summed E-state index contributed by atoms with van der Waals surface area (Å²) in [5, 5.41) is 0.131. The standard InChI is InChI=1S/C15H14BrCl2NO/c1-8-6-12(15(20)9(2)17)10(3)19(8)14-5-4-11(18)7-13(14)16/h4-7,9H,1-3H3. The van der Waals surface area contributed by atoms with E-state index < -0.39 is 5.38 Å². The largest absolute Gasteiger partial charge is 0.317 e. The Hall–Kier alpha value is -0.770. The molecule has 5 heteroatoms. The average molecular weight is 375 g/mol. The minimum Gasteiger partial charge on any atom is -0.317 e. The van der Waals surface area contributed by atoms with Crippen LogP contribution >= 0.6 is 39.1 Å². The normalized spacial score (nSPS) is 12.5. The van der Waals surface area contributed by atoms with Crippen molar-refractivity contribution in [1.82, 2.24) is 4.57 Å². The van der Waals surface area contributed by atoms with Crippen LogP contribution in [0.15, 0.2) is 28.7 Å². The van der Waals surface area contributed by atoms with Gasteiger partial charge in [0.1, 0.15) is 0 Å². The van der Waals surface area contributed by atoms with Crippen LogP contribution in [0, 0.1) is 13.8 Å². The second kappa shape index (κ2) is 5.92. The third-order valence-electron chi connectivity index (χ3n) is 3.21. The molecular formula is C15H14BrCl2NO. The summed E-state index contributed by atoms with van der Waals surface area (Å²) in [7, 11) is 0. The first-order valence-corrected chi connectivity index (χ1v) is 7.76. The molecule has 1 aromatic heterocycles. The summed E-state index contributed by atoms with van der Waals surface area (Å²) in [6.45, 7) is 5.57. The number of hydrogen-bond donors (Lipinski definition) is 0. The lowest BCUT2D eigenvalue weighted by atomic mass is 10.1. The number of hydrogen-bond acceptors (Lipinski definition) is 1. The van der Waals surface area contributed by atoms with Crippen molar-refractivity contribution in [3.8, 4) is 5.69 Å². The Labute approximate surface area is 136 Å². The fourth-order valence-electron chi connectivity index (χ4n) is 2.26. The van der Waals surface area contributed by atoms with Gasteiger partial charge in [0, 0.05) is 26.4 Å². The Morgan fingerprint density at radius 2 is 1.95 bits per heavy atom. The van der Waals surface area contributed by atoms with Gasteiger partial charge in [-0.3, -0.25) is 4.79 Å². The predicted molar refractivity (Wildman–Crippen MR) is 87.6 cm³/mol. The maximum atomic E-state index is 12.1. The molecule has 0 aliphatic heterocycles. The second-order valence-corrected chi connectivity index (χ2v) is 6.64. The number of nitrogens with zero attached hydrogens (tertiary/aromatic N) is 1. The molecule has 0 saturated heterocycles. The zero-order valence-electron chi connectivity index (χ0n) is 11.4. The van der Waals surface area contributed by atoms with E-state index in [4.69, 9.17) is 23.2 Å². The van der Waals surface area contributed by atoms with E-state index in [0.717, 1.165) is 21.5 Å². The van der Waals surface area contributed by atoms with Gasteiger partial charge in [0.2, 0.25) is 0 Å². The Bertz CT molecular complexity index is 677. The van der Waals surface area contributed by atoms with Crippen LogP contribution in [0.2, 0.25) is 5.02 Å². The van der Waals surface area contributed by atoms with E-state index in [1.165, 1.54) is 0 Å². The third kappa shape index (κ3) is 2.80. The monoisotopic (exact) mass is 373 g/mol. The van der Waals surface area contributed by atoms with E-state index >= 15 is 0 Å². The van der Waals surface area contributed by atoms with Crippen molar-refractivity contribution in [1.29, 1.82) is 0 Å². The molecule has 0 bridgehead atoms.